The number of hydrogen-bond acceptors (Lipinski definition) is 4. The Labute approximate surface area is 176 Å². The predicted molar refractivity (Wildman–Crippen MR) is 118 cm³/mol. The third kappa shape index (κ3) is 3.62. The van der Waals surface area contributed by atoms with E-state index in [1.165, 1.54) is 0 Å². The van der Waals surface area contributed by atoms with Crippen molar-refractivity contribution in [1.29, 1.82) is 0 Å². The Balaban J connectivity index is 1.88. The fraction of sp³-hybridized carbons (Fsp3) is 0.167. The summed E-state index contributed by atoms with van der Waals surface area (Å²) in [5.41, 5.74) is 1.30. The second kappa shape index (κ2) is 8.78. The number of pyridine rings is 1. The van der Waals surface area contributed by atoms with Crippen LogP contribution in [0.1, 0.15) is 18.5 Å². The lowest BCUT2D eigenvalue weighted by molar-refractivity contribution is -0.138. The Kier molecular flexibility index (Phi) is 5.93. The quantitative estimate of drug-likeness (QED) is 0.450. The van der Waals surface area contributed by atoms with Gasteiger partial charge in [0.15, 0.2) is 0 Å². The zero-order chi connectivity index (χ0) is 21.0. The van der Waals surface area contributed by atoms with E-state index in [4.69, 9.17) is 4.74 Å². The molecule has 0 aliphatic carbocycles. The molecule has 6 heteroatoms. The van der Waals surface area contributed by atoms with E-state index in [0.717, 1.165) is 16.2 Å². The van der Waals surface area contributed by atoms with Crippen molar-refractivity contribution in [2.45, 2.75) is 13.0 Å². The molecule has 1 aliphatic rings. The first-order valence-corrected chi connectivity index (χ1v) is 11.6. The van der Waals surface area contributed by atoms with Gasteiger partial charge in [0.25, 0.3) is 0 Å². The zero-order valence-electron chi connectivity index (χ0n) is 16.7. The number of benzene rings is 2. The van der Waals surface area contributed by atoms with Crippen molar-refractivity contribution >= 4 is 23.9 Å². The predicted octanol–water partition coefficient (Wildman–Crippen LogP) is 3.86. The van der Waals surface area contributed by atoms with Gasteiger partial charge in [-0.3, -0.25) is 9.55 Å². The van der Waals surface area contributed by atoms with Gasteiger partial charge in [-0.2, -0.15) is 0 Å². The van der Waals surface area contributed by atoms with Gasteiger partial charge < -0.3 is 4.74 Å². The first kappa shape index (κ1) is 20.3. The summed E-state index contributed by atoms with van der Waals surface area (Å²) >= 11 is 0. The molecule has 0 spiro atoms. The highest BCUT2D eigenvalue weighted by atomic mass is 31.2. The van der Waals surface area contributed by atoms with E-state index in [9.17, 15) is 9.36 Å². The molecule has 0 saturated carbocycles. The summed E-state index contributed by atoms with van der Waals surface area (Å²) in [7, 11) is -3.24. The van der Waals surface area contributed by atoms with Crippen molar-refractivity contribution < 1.29 is 14.1 Å². The van der Waals surface area contributed by atoms with Gasteiger partial charge in [0.2, 0.25) is 7.29 Å². The topological polar surface area (TPSA) is 59.5 Å². The van der Waals surface area contributed by atoms with Crippen molar-refractivity contribution in [3.05, 3.63) is 102 Å². The van der Waals surface area contributed by atoms with Gasteiger partial charge in [-0.15, -0.1) is 0 Å². The average Bonchev–Trinajstić information content (AvgIpc) is 3.26. The number of nitrogens with zero attached hydrogens (tertiary/aromatic N) is 2. The van der Waals surface area contributed by atoms with Crippen LogP contribution in [0, 0.1) is 0 Å². The summed E-state index contributed by atoms with van der Waals surface area (Å²) in [4.78, 5) is 17.0. The summed E-state index contributed by atoms with van der Waals surface area (Å²) in [5.74, 6) is -0.387. The Morgan fingerprint density at radius 2 is 1.67 bits per heavy atom. The molecule has 0 bridgehead atoms. The van der Waals surface area contributed by atoms with Gasteiger partial charge in [0.05, 0.1) is 18.2 Å². The Morgan fingerprint density at radius 3 is 2.20 bits per heavy atom. The van der Waals surface area contributed by atoms with Crippen LogP contribution in [-0.4, -0.2) is 28.8 Å². The van der Waals surface area contributed by atoms with E-state index in [2.05, 4.69) is 4.98 Å². The van der Waals surface area contributed by atoms with Crippen LogP contribution in [0.15, 0.2) is 96.8 Å². The molecule has 0 N–H and O–H groups in total. The van der Waals surface area contributed by atoms with Crippen LogP contribution in [0.5, 0.6) is 0 Å². The molecule has 0 amide bonds. The van der Waals surface area contributed by atoms with Crippen LogP contribution in [0.4, 0.5) is 0 Å². The van der Waals surface area contributed by atoms with Gasteiger partial charge in [0, 0.05) is 29.5 Å². The van der Waals surface area contributed by atoms with E-state index in [1.807, 2.05) is 83.5 Å². The monoisotopic (exact) mass is 418 g/mol. The molecular formula is C24H23N2O3P. The molecule has 1 atom stereocenters. The number of carbonyl (C=O) groups is 1. The molecule has 0 radical (unpaired) electrons. The van der Waals surface area contributed by atoms with E-state index < -0.39 is 13.3 Å². The van der Waals surface area contributed by atoms with E-state index in [-0.39, 0.29) is 12.6 Å². The molecule has 4 rings (SSSR count). The van der Waals surface area contributed by atoms with Crippen molar-refractivity contribution in [3.63, 3.8) is 0 Å². The molecule has 0 unspecified atom stereocenters. The van der Waals surface area contributed by atoms with Crippen LogP contribution in [-0.2, 0) is 14.1 Å². The normalized spacial score (nSPS) is 16.8. The van der Waals surface area contributed by atoms with Crippen molar-refractivity contribution in [2.24, 2.45) is 0 Å². The molecule has 1 aromatic heterocycles. The summed E-state index contributed by atoms with van der Waals surface area (Å²) in [6.07, 6.45) is 5.23. The summed E-state index contributed by atoms with van der Waals surface area (Å²) in [5, 5.41) is 1.45. The lowest BCUT2D eigenvalue weighted by atomic mass is 10.0. The highest BCUT2D eigenvalue weighted by Crippen LogP contribution is 2.55. The van der Waals surface area contributed by atoms with E-state index in [0.29, 0.717) is 12.1 Å². The molecule has 3 aromatic rings. The smallest absolute Gasteiger partial charge is 0.335 e. The Hall–Kier alpha value is -3.01. The minimum atomic E-state index is -3.24. The van der Waals surface area contributed by atoms with Crippen LogP contribution in [0.25, 0.3) is 0 Å². The van der Waals surface area contributed by atoms with Gasteiger partial charge in [0.1, 0.15) is 0 Å². The van der Waals surface area contributed by atoms with Crippen molar-refractivity contribution in [1.82, 2.24) is 9.65 Å². The van der Waals surface area contributed by atoms with Crippen molar-refractivity contribution in [2.75, 3.05) is 13.2 Å². The summed E-state index contributed by atoms with van der Waals surface area (Å²) < 4.78 is 22.1. The first-order chi connectivity index (χ1) is 14.7. The molecule has 152 valence electrons. The number of rotatable bonds is 6. The molecule has 30 heavy (non-hydrogen) atoms. The largest absolute Gasteiger partial charge is 0.463 e. The Morgan fingerprint density at radius 1 is 1.03 bits per heavy atom. The first-order valence-electron chi connectivity index (χ1n) is 9.91. The third-order valence-electron chi connectivity index (χ3n) is 5.18. The minimum absolute atomic E-state index is 0.283. The second-order valence-electron chi connectivity index (χ2n) is 6.94. The fourth-order valence-corrected chi connectivity index (χ4v) is 6.79. The summed E-state index contributed by atoms with van der Waals surface area (Å²) in [6.45, 7) is 2.43. The molecule has 1 aliphatic heterocycles. The van der Waals surface area contributed by atoms with Crippen LogP contribution in [0.2, 0.25) is 0 Å². The SMILES string of the molecule is CCOC(=O)C1=CCN(P(=O)(c2ccccc2)c2ccccc2)[C@H]1c1cccnc1. The number of esters is 1. The maximum atomic E-state index is 14.8. The van der Waals surface area contributed by atoms with Gasteiger partial charge >= 0.3 is 5.97 Å². The third-order valence-corrected chi connectivity index (χ3v) is 8.29. The van der Waals surface area contributed by atoms with Gasteiger partial charge in [-0.1, -0.05) is 48.5 Å². The minimum Gasteiger partial charge on any atom is -0.463 e. The summed E-state index contributed by atoms with van der Waals surface area (Å²) in [6, 6.07) is 22.1. The van der Waals surface area contributed by atoms with Crippen LogP contribution in [0.3, 0.4) is 0 Å². The van der Waals surface area contributed by atoms with E-state index in [1.54, 1.807) is 19.3 Å². The van der Waals surface area contributed by atoms with Gasteiger partial charge in [-0.05, 0) is 42.8 Å². The highest BCUT2D eigenvalue weighted by Gasteiger charge is 2.45. The fourth-order valence-electron chi connectivity index (χ4n) is 3.85. The van der Waals surface area contributed by atoms with Gasteiger partial charge in [-0.25, -0.2) is 9.46 Å². The standard InChI is InChI=1S/C24H23N2O3P/c1-2-29-24(27)22-15-17-26(23(22)19-10-9-16-25-18-19)30(28,20-11-5-3-6-12-20)21-13-7-4-8-14-21/h3-16,18,23H,2,17H2,1H3/t23-/m0/s1. The molecular weight excluding hydrogens is 395 g/mol. The molecule has 2 aromatic carbocycles. The number of hydrogen-bond donors (Lipinski definition) is 0. The average molecular weight is 418 g/mol. The van der Waals surface area contributed by atoms with Crippen molar-refractivity contribution in [3.8, 4) is 0 Å². The van der Waals surface area contributed by atoms with Crippen LogP contribution < -0.4 is 10.6 Å². The number of aromatic nitrogens is 1. The van der Waals surface area contributed by atoms with Crippen LogP contribution >= 0.6 is 7.29 Å². The molecule has 2 heterocycles. The highest BCUT2D eigenvalue weighted by molar-refractivity contribution is 7.76. The number of carbonyl (C=O) groups excluding carboxylic acids is 1. The molecule has 0 fully saturated rings. The lowest BCUT2D eigenvalue weighted by Crippen LogP contribution is -2.34. The maximum Gasteiger partial charge on any atom is 0.335 e. The lowest BCUT2D eigenvalue weighted by Gasteiger charge is -2.34. The Bertz CT molecular complexity index is 1040. The number of ether oxygens (including phenoxy) is 1. The second-order valence-corrected chi connectivity index (χ2v) is 9.64. The maximum absolute atomic E-state index is 14.8. The van der Waals surface area contributed by atoms with E-state index >= 15 is 0 Å². The molecule has 0 saturated heterocycles. The zero-order valence-corrected chi connectivity index (χ0v) is 17.6. The molecule has 5 nitrogen and oxygen atoms in total.